The van der Waals surface area contributed by atoms with E-state index < -0.39 is 41.7 Å². The lowest BCUT2D eigenvalue weighted by atomic mass is 10.3. The minimum atomic E-state index is -1.23. The number of thioether (sulfide) groups is 1. The van der Waals surface area contributed by atoms with E-state index in [1.165, 1.54) is 21.6 Å². The fourth-order valence-electron chi connectivity index (χ4n) is 1.17. The second kappa shape index (κ2) is 11.5. The summed E-state index contributed by atoms with van der Waals surface area (Å²) in [7, 11) is 2.89. The van der Waals surface area contributed by atoms with Crippen molar-refractivity contribution in [3.63, 3.8) is 0 Å². The molecule has 0 radical (unpaired) electrons. The number of carboxylic acids is 2. The largest absolute Gasteiger partial charge is 0.480 e. The first-order valence-electron chi connectivity index (χ1n) is 7.14. The number of hydrogen-bond donors (Lipinski definition) is 5. The quantitative estimate of drug-likeness (QED) is 0.321. The smallest absolute Gasteiger partial charge is 0.322 e. The first-order valence-corrected chi connectivity index (χ1v) is 10.4. The van der Waals surface area contributed by atoms with Gasteiger partial charge in [-0.25, -0.2) is 0 Å². The number of carbonyl (C=O) groups is 4. The average Bonchev–Trinajstić information content (AvgIpc) is 2.47. The van der Waals surface area contributed by atoms with Gasteiger partial charge in [-0.05, 0) is 0 Å². The van der Waals surface area contributed by atoms with Gasteiger partial charge < -0.3 is 26.6 Å². The van der Waals surface area contributed by atoms with Gasteiger partial charge in [-0.15, -0.1) is 0 Å². The molecule has 0 saturated heterocycles. The van der Waals surface area contributed by atoms with Gasteiger partial charge in [0.15, 0.2) is 0 Å². The number of nitrogens with one attached hydrogen (secondary N) is 2. The van der Waals surface area contributed by atoms with Gasteiger partial charge in [0.1, 0.15) is 18.6 Å². The minimum Gasteiger partial charge on any atom is -0.480 e. The highest BCUT2D eigenvalue weighted by atomic mass is 33.1. The van der Waals surface area contributed by atoms with E-state index in [4.69, 9.17) is 15.9 Å². The van der Waals surface area contributed by atoms with Crippen molar-refractivity contribution in [3.05, 3.63) is 0 Å². The molecule has 0 aromatic heterocycles. The summed E-state index contributed by atoms with van der Waals surface area (Å²) in [4.78, 5) is 45.1. The highest BCUT2D eigenvalue weighted by Gasteiger charge is 2.24. The number of rotatable bonds is 10. The number of carbonyl (C=O) groups excluding carboxylic acids is 2. The molecule has 25 heavy (non-hydrogen) atoms. The molecule has 0 aliphatic heterocycles. The maximum absolute atomic E-state index is 12.0. The minimum absolute atomic E-state index is 0.0558. The molecule has 144 valence electrons. The maximum Gasteiger partial charge on any atom is 0.322 e. The summed E-state index contributed by atoms with van der Waals surface area (Å²) in [6, 6.07) is -2.14. The fraction of sp³-hybridized carbons (Fsp3) is 0.692. The highest BCUT2D eigenvalue weighted by Crippen LogP contribution is 2.35. The lowest BCUT2D eigenvalue weighted by molar-refractivity contribution is -0.138. The summed E-state index contributed by atoms with van der Waals surface area (Å²) >= 11 is 0.654. The van der Waals surface area contributed by atoms with Gasteiger partial charge in [0, 0.05) is 16.3 Å². The van der Waals surface area contributed by atoms with Crippen LogP contribution in [0.3, 0.4) is 0 Å². The van der Waals surface area contributed by atoms with Crippen molar-refractivity contribution in [3.8, 4) is 0 Å². The van der Waals surface area contributed by atoms with Crippen LogP contribution in [0.1, 0.15) is 20.8 Å². The summed E-state index contributed by atoms with van der Waals surface area (Å²) in [6.45, 7) is 5.42. The molecule has 0 aliphatic rings. The Morgan fingerprint density at radius 2 is 1.72 bits per heavy atom. The summed E-state index contributed by atoms with van der Waals surface area (Å²) in [5, 5.41) is 21.4. The van der Waals surface area contributed by atoms with Gasteiger partial charge in [0.05, 0.1) is 0 Å². The summed E-state index contributed by atoms with van der Waals surface area (Å²) < 4.78 is -0.0558. The number of amides is 2. The van der Waals surface area contributed by atoms with Crippen molar-refractivity contribution in [2.75, 3.05) is 18.1 Å². The van der Waals surface area contributed by atoms with Crippen molar-refractivity contribution in [2.45, 2.75) is 37.6 Å². The van der Waals surface area contributed by atoms with E-state index in [-0.39, 0.29) is 16.3 Å². The van der Waals surface area contributed by atoms with E-state index in [0.29, 0.717) is 11.8 Å². The van der Waals surface area contributed by atoms with Crippen molar-refractivity contribution < 1.29 is 29.4 Å². The predicted octanol–water partition coefficient (Wildman–Crippen LogP) is 0.590. The molecule has 0 rings (SSSR count). The highest BCUT2D eigenvalue weighted by molar-refractivity contribution is 8.77. The van der Waals surface area contributed by atoms with Crippen molar-refractivity contribution in [2.24, 2.45) is 5.73 Å². The van der Waals surface area contributed by atoms with Gasteiger partial charge in [-0.1, -0.05) is 54.1 Å². The molecule has 6 N–H and O–H groups in total. The van der Waals surface area contributed by atoms with Crippen LogP contribution in [-0.4, -0.2) is 68.2 Å². The average molecular weight is 414 g/mol. The van der Waals surface area contributed by atoms with Crippen molar-refractivity contribution in [1.82, 2.24) is 10.6 Å². The predicted molar refractivity (Wildman–Crippen MR) is 101 cm³/mol. The summed E-state index contributed by atoms with van der Waals surface area (Å²) in [5.41, 5.74) is 5.31. The van der Waals surface area contributed by atoms with Gasteiger partial charge >= 0.3 is 11.9 Å². The first kappa shape index (κ1) is 23.9. The van der Waals surface area contributed by atoms with Gasteiger partial charge in [-0.2, -0.15) is 0 Å². The molecule has 2 atom stereocenters. The monoisotopic (exact) mass is 413 g/mol. The Bertz CT molecular complexity index is 498. The molecule has 0 aliphatic carbocycles. The Balaban J connectivity index is 4.64. The Morgan fingerprint density at radius 1 is 1.12 bits per heavy atom. The number of aliphatic carboxylic acids is 2. The van der Waals surface area contributed by atoms with Gasteiger partial charge in [0.25, 0.3) is 5.24 Å². The SMILES string of the molecule is CC(C)(C)SSCC(NC(=O)SCC(N)C(=O)O)C(=O)NCC(=O)O. The molecule has 0 saturated carbocycles. The third-order valence-electron chi connectivity index (χ3n) is 2.28. The molecule has 0 aromatic carbocycles. The molecule has 0 bridgehead atoms. The molecule has 9 nitrogen and oxygen atoms in total. The summed E-state index contributed by atoms with van der Waals surface area (Å²) in [6.07, 6.45) is 0. The van der Waals surface area contributed by atoms with Crippen LogP contribution < -0.4 is 16.4 Å². The zero-order valence-corrected chi connectivity index (χ0v) is 16.6. The molecular weight excluding hydrogens is 390 g/mol. The first-order chi connectivity index (χ1) is 11.4. The molecule has 12 heteroatoms. The van der Waals surface area contributed by atoms with E-state index in [0.717, 1.165) is 0 Å². The van der Waals surface area contributed by atoms with E-state index in [2.05, 4.69) is 10.6 Å². The molecule has 0 aromatic rings. The van der Waals surface area contributed by atoms with E-state index >= 15 is 0 Å². The second-order valence-corrected chi connectivity index (χ2v) is 9.99. The van der Waals surface area contributed by atoms with Crippen LogP contribution in [0.15, 0.2) is 0 Å². The standard InChI is InChI=1S/C13H23N3O6S3/c1-13(2,3)25-24-6-8(10(19)15-4-9(17)18)16-12(22)23-5-7(14)11(20)21/h7-8H,4-6,14H2,1-3H3,(H,15,19)(H,16,22)(H,17,18)(H,20,21). The Hall–Kier alpha value is -1.11. The normalized spacial score (nSPS) is 13.6. The van der Waals surface area contributed by atoms with Crippen LogP contribution in [0.2, 0.25) is 0 Å². The van der Waals surface area contributed by atoms with Crippen molar-refractivity contribution in [1.29, 1.82) is 0 Å². The van der Waals surface area contributed by atoms with Crippen LogP contribution >= 0.6 is 33.3 Å². The Kier molecular flexibility index (Phi) is 11.0. The molecule has 2 unspecified atom stereocenters. The van der Waals surface area contributed by atoms with Gasteiger partial charge in [0.2, 0.25) is 5.91 Å². The maximum atomic E-state index is 12.0. The third kappa shape index (κ3) is 12.8. The lowest BCUT2D eigenvalue weighted by Gasteiger charge is -2.20. The van der Waals surface area contributed by atoms with Crippen LogP contribution in [-0.2, 0) is 14.4 Å². The molecule has 2 amide bonds. The molecular formula is C13H23N3O6S3. The number of carboxylic acid groups (broad SMARTS) is 2. The second-order valence-electron chi connectivity index (χ2n) is 5.83. The summed E-state index contributed by atoms with van der Waals surface area (Å²) in [5.74, 6) is -2.97. The zero-order valence-electron chi connectivity index (χ0n) is 14.1. The Morgan fingerprint density at radius 3 is 2.20 bits per heavy atom. The van der Waals surface area contributed by atoms with Crippen molar-refractivity contribution >= 4 is 56.4 Å². The molecule has 0 fully saturated rings. The van der Waals surface area contributed by atoms with Crippen LogP contribution in [0, 0.1) is 0 Å². The van der Waals surface area contributed by atoms with E-state index in [1.807, 2.05) is 20.8 Å². The van der Waals surface area contributed by atoms with Crippen LogP contribution in [0.25, 0.3) is 0 Å². The van der Waals surface area contributed by atoms with E-state index in [1.54, 1.807) is 0 Å². The Labute approximate surface area is 158 Å². The zero-order chi connectivity index (χ0) is 19.6. The third-order valence-corrected chi connectivity index (χ3v) is 6.53. The van der Waals surface area contributed by atoms with Crippen LogP contribution in [0.4, 0.5) is 4.79 Å². The topological polar surface area (TPSA) is 159 Å². The molecule has 0 heterocycles. The number of hydrogen-bond acceptors (Lipinski definition) is 8. The number of nitrogens with two attached hydrogens (primary N) is 1. The lowest BCUT2D eigenvalue weighted by Crippen LogP contribution is -2.48. The van der Waals surface area contributed by atoms with Gasteiger partial charge in [-0.3, -0.25) is 19.2 Å². The molecule has 0 spiro atoms. The van der Waals surface area contributed by atoms with E-state index in [9.17, 15) is 19.2 Å². The fourth-order valence-corrected chi connectivity index (χ4v) is 4.33. The van der Waals surface area contributed by atoms with Crippen LogP contribution in [0.5, 0.6) is 0 Å².